The number of hydrogen-bond donors (Lipinski definition) is 1. The van der Waals surface area contributed by atoms with Gasteiger partial charge in [-0.15, -0.1) is 0 Å². The highest BCUT2D eigenvalue weighted by molar-refractivity contribution is 7.93. The molecule has 1 amide bonds. The second-order valence-corrected chi connectivity index (χ2v) is 6.90. The fourth-order valence-corrected chi connectivity index (χ4v) is 2.07. The number of aliphatic hydroxyl groups is 1. The van der Waals surface area contributed by atoms with Crippen LogP contribution in [0.3, 0.4) is 0 Å². The van der Waals surface area contributed by atoms with Gasteiger partial charge >= 0.3 is 0 Å². The number of carbonyl (C=O) groups is 1. The highest BCUT2D eigenvalue weighted by Crippen LogP contribution is 2.16. The number of hydrogen-bond acceptors (Lipinski definition) is 3. The minimum atomic E-state index is -2.46. The van der Waals surface area contributed by atoms with Crippen LogP contribution in [0.2, 0.25) is 0 Å². The zero-order chi connectivity index (χ0) is 11.4. The molecule has 0 aliphatic rings. The van der Waals surface area contributed by atoms with Crippen LogP contribution in [0.15, 0.2) is 4.36 Å². The lowest BCUT2D eigenvalue weighted by atomic mass is 9.96. The number of aliphatic hydroxyl groups excluding tert-OH is 1. The Morgan fingerprint density at radius 3 is 2.29 bits per heavy atom. The molecular formula is C9H19NO3S. The highest BCUT2D eigenvalue weighted by Gasteiger charge is 2.22. The summed E-state index contributed by atoms with van der Waals surface area (Å²) in [4.78, 5) is 11.4. The minimum absolute atomic E-state index is 0.0238. The van der Waals surface area contributed by atoms with Gasteiger partial charge in [-0.1, -0.05) is 20.8 Å². The second-order valence-electron chi connectivity index (χ2n) is 4.39. The summed E-state index contributed by atoms with van der Waals surface area (Å²) in [5, 5.41) is 8.57. The molecular weight excluding hydrogens is 202 g/mol. The van der Waals surface area contributed by atoms with Gasteiger partial charge in [0, 0.05) is 24.0 Å². The van der Waals surface area contributed by atoms with Crippen LogP contribution in [0.1, 0.15) is 27.2 Å². The molecule has 0 aliphatic carbocycles. The Kier molecular flexibility index (Phi) is 4.74. The Bertz CT molecular complexity index is 309. The monoisotopic (exact) mass is 221 g/mol. The number of amides is 1. The van der Waals surface area contributed by atoms with Crippen molar-refractivity contribution in [1.82, 2.24) is 0 Å². The molecule has 5 heteroatoms. The zero-order valence-corrected chi connectivity index (χ0v) is 10.1. The van der Waals surface area contributed by atoms with Crippen molar-refractivity contribution in [2.45, 2.75) is 27.2 Å². The molecule has 0 rings (SSSR count). The van der Waals surface area contributed by atoms with E-state index in [1.807, 2.05) is 0 Å². The van der Waals surface area contributed by atoms with E-state index in [1.165, 1.54) is 6.26 Å². The molecule has 0 fully saturated rings. The molecule has 0 aromatic carbocycles. The average molecular weight is 221 g/mol. The molecule has 0 aliphatic heterocycles. The van der Waals surface area contributed by atoms with E-state index in [4.69, 9.17) is 5.11 Å². The van der Waals surface area contributed by atoms with Crippen LogP contribution in [0.4, 0.5) is 0 Å². The molecule has 0 saturated heterocycles. The maximum Gasteiger partial charge on any atom is 0.259 e. The molecule has 0 saturated carbocycles. The summed E-state index contributed by atoms with van der Waals surface area (Å²) in [6, 6.07) is 0. The first kappa shape index (κ1) is 13.6. The average Bonchev–Trinajstić information content (AvgIpc) is 1.98. The number of carbonyl (C=O) groups excluding carboxylic acids is 1. The summed E-state index contributed by atoms with van der Waals surface area (Å²) < 4.78 is 15.4. The van der Waals surface area contributed by atoms with Gasteiger partial charge in [-0.05, 0) is 6.42 Å². The van der Waals surface area contributed by atoms with Crippen LogP contribution in [-0.4, -0.2) is 33.8 Å². The molecule has 14 heavy (non-hydrogen) atoms. The summed E-state index contributed by atoms with van der Waals surface area (Å²) in [5.74, 6) is -0.0753. The third-order valence-electron chi connectivity index (χ3n) is 1.60. The molecule has 1 atom stereocenters. The molecule has 1 N–H and O–H groups in total. The van der Waals surface area contributed by atoms with Crippen molar-refractivity contribution in [3.8, 4) is 0 Å². The van der Waals surface area contributed by atoms with E-state index in [1.54, 1.807) is 20.8 Å². The maximum atomic E-state index is 11.7. The fraction of sp³-hybridized carbons (Fsp3) is 0.889. The third-order valence-corrected chi connectivity index (χ3v) is 3.20. The van der Waals surface area contributed by atoms with Gasteiger partial charge in [0.2, 0.25) is 0 Å². The van der Waals surface area contributed by atoms with E-state index in [-0.39, 0.29) is 18.3 Å². The van der Waals surface area contributed by atoms with Crippen LogP contribution in [0.5, 0.6) is 0 Å². The van der Waals surface area contributed by atoms with Gasteiger partial charge in [-0.2, -0.15) is 4.36 Å². The van der Waals surface area contributed by atoms with E-state index < -0.39 is 15.1 Å². The second kappa shape index (κ2) is 4.89. The maximum absolute atomic E-state index is 11.7. The summed E-state index contributed by atoms with van der Waals surface area (Å²) in [6.07, 6.45) is 1.86. The van der Waals surface area contributed by atoms with Crippen molar-refractivity contribution in [3.63, 3.8) is 0 Å². The standard InChI is InChI=1S/C9H19NO3S/c1-9(2,3)8(12)10-14(4,13)7-5-6-11/h11H,5-7H2,1-4H3/t14-/m0/s1. The smallest absolute Gasteiger partial charge is 0.259 e. The highest BCUT2D eigenvalue weighted by atomic mass is 32.2. The quantitative estimate of drug-likeness (QED) is 0.774. The predicted molar refractivity (Wildman–Crippen MR) is 57.5 cm³/mol. The van der Waals surface area contributed by atoms with Crippen LogP contribution in [0, 0.1) is 5.41 Å². The first-order valence-corrected chi connectivity index (χ1v) is 6.63. The Labute approximate surface area is 85.9 Å². The molecule has 0 radical (unpaired) electrons. The minimum Gasteiger partial charge on any atom is -0.396 e. The predicted octanol–water partition coefficient (Wildman–Crippen LogP) is 1.04. The Morgan fingerprint density at radius 1 is 1.43 bits per heavy atom. The van der Waals surface area contributed by atoms with Gasteiger partial charge in [0.25, 0.3) is 5.91 Å². The molecule has 0 aromatic rings. The first-order chi connectivity index (χ1) is 6.19. The summed E-state index contributed by atoms with van der Waals surface area (Å²) >= 11 is 0. The third kappa shape index (κ3) is 5.34. The normalized spacial score (nSPS) is 16.1. The van der Waals surface area contributed by atoms with Gasteiger partial charge in [0.1, 0.15) is 0 Å². The van der Waals surface area contributed by atoms with Gasteiger partial charge < -0.3 is 5.11 Å². The van der Waals surface area contributed by atoms with E-state index in [0.717, 1.165) is 0 Å². The van der Waals surface area contributed by atoms with Crippen molar-refractivity contribution in [1.29, 1.82) is 0 Å². The SMILES string of the molecule is CC(C)(C)C(=O)N=[S@@](C)(=O)CCCO. The molecule has 0 aromatic heterocycles. The van der Waals surface area contributed by atoms with Crippen molar-refractivity contribution in [2.75, 3.05) is 18.6 Å². The van der Waals surface area contributed by atoms with Crippen molar-refractivity contribution < 1.29 is 14.1 Å². The number of nitrogens with zero attached hydrogens (tertiary/aromatic N) is 1. The molecule has 0 unspecified atom stereocenters. The first-order valence-electron chi connectivity index (χ1n) is 4.54. The fourth-order valence-electron chi connectivity index (χ4n) is 0.690. The Morgan fingerprint density at radius 2 is 1.93 bits per heavy atom. The number of rotatable bonds is 3. The summed E-state index contributed by atoms with van der Waals surface area (Å²) in [5.41, 5.74) is -0.585. The Hall–Kier alpha value is -0.420. The van der Waals surface area contributed by atoms with E-state index in [9.17, 15) is 9.00 Å². The van der Waals surface area contributed by atoms with E-state index in [2.05, 4.69) is 4.36 Å². The van der Waals surface area contributed by atoms with Gasteiger partial charge in [0.15, 0.2) is 0 Å². The van der Waals surface area contributed by atoms with Gasteiger partial charge in [0.05, 0.1) is 9.73 Å². The van der Waals surface area contributed by atoms with Crippen LogP contribution >= 0.6 is 0 Å². The topological polar surface area (TPSA) is 66.7 Å². The lowest BCUT2D eigenvalue weighted by molar-refractivity contribution is -0.124. The largest absolute Gasteiger partial charge is 0.396 e. The van der Waals surface area contributed by atoms with Crippen LogP contribution < -0.4 is 0 Å². The van der Waals surface area contributed by atoms with Crippen molar-refractivity contribution in [3.05, 3.63) is 0 Å². The van der Waals surface area contributed by atoms with E-state index >= 15 is 0 Å². The molecule has 0 spiro atoms. The van der Waals surface area contributed by atoms with Gasteiger partial charge in [-0.3, -0.25) is 4.79 Å². The Balaban J connectivity index is 4.65. The lowest BCUT2D eigenvalue weighted by Gasteiger charge is -2.13. The van der Waals surface area contributed by atoms with Crippen LogP contribution in [0.25, 0.3) is 0 Å². The molecule has 4 nitrogen and oxygen atoms in total. The van der Waals surface area contributed by atoms with Gasteiger partial charge in [-0.25, -0.2) is 4.21 Å². The summed E-state index contributed by atoms with van der Waals surface area (Å²) in [7, 11) is -2.46. The van der Waals surface area contributed by atoms with Crippen molar-refractivity contribution in [2.24, 2.45) is 9.78 Å². The lowest BCUT2D eigenvalue weighted by Crippen LogP contribution is -2.20. The summed E-state index contributed by atoms with van der Waals surface area (Å²) in [6.45, 7) is 5.19. The molecule has 0 bridgehead atoms. The molecule has 84 valence electrons. The zero-order valence-electron chi connectivity index (χ0n) is 9.24. The van der Waals surface area contributed by atoms with Crippen LogP contribution in [-0.2, 0) is 14.5 Å². The van der Waals surface area contributed by atoms with E-state index in [0.29, 0.717) is 6.42 Å². The molecule has 0 heterocycles. The van der Waals surface area contributed by atoms with Crippen molar-refractivity contribution >= 4 is 15.6 Å².